The molecule has 9 nitrogen and oxygen atoms in total. The fourth-order valence-corrected chi connectivity index (χ4v) is 6.94. The minimum Gasteiger partial charge on any atom is -0.478 e. The van der Waals surface area contributed by atoms with E-state index in [-0.39, 0.29) is 11.5 Å². The molecule has 3 aliphatic heterocycles. The number of halogens is 2. The van der Waals surface area contributed by atoms with E-state index in [1.165, 1.54) is 6.07 Å². The number of piperidine rings is 1. The molecule has 0 saturated carbocycles. The molecule has 1 unspecified atom stereocenters. The first-order valence-corrected chi connectivity index (χ1v) is 15.9. The number of nitrogens with zero attached hydrogens (tertiary/aromatic N) is 4. The van der Waals surface area contributed by atoms with Crippen molar-refractivity contribution in [1.29, 1.82) is 0 Å². The Kier molecular flexibility index (Phi) is 8.16. The van der Waals surface area contributed by atoms with Crippen LogP contribution in [0.1, 0.15) is 53.0 Å². The topological polar surface area (TPSA) is 89.3 Å². The molecule has 2 fully saturated rings. The highest BCUT2D eigenvalue weighted by Crippen LogP contribution is 2.49. The van der Waals surface area contributed by atoms with Crippen LogP contribution in [0.15, 0.2) is 54.6 Å². The number of rotatable bonds is 8. The fraction of sp³-hybridized carbons (Fsp3) is 0.412. The number of carboxylic acid groups (broad SMARTS) is 1. The number of aromatic nitrogens is 2. The van der Waals surface area contributed by atoms with Crippen molar-refractivity contribution in [2.45, 2.75) is 44.6 Å². The molecular weight excluding hydrogens is 599 g/mol. The number of hydrogen-bond acceptors (Lipinski definition) is 7. The molecule has 11 heteroatoms. The standard InChI is InChI=1S/C34H36ClFN4O5/c1-34(26-7-6-24(35)20-27(26)36)44-30-4-2-3-25(32(30)45-34)22-9-11-39(12-10-22)21-31-37-28-8-5-23(33(41)42)19-29(28)40(31)14-13-38-15-17-43-18-16-38/h2-8,19-20,22H,9-18,21H2,1H3,(H,41,42). The quantitative estimate of drug-likeness (QED) is 0.257. The molecule has 45 heavy (non-hydrogen) atoms. The van der Waals surface area contributed by atoms with E-state index in [1.807, 2.05) is 18.2 Å². The van der Waals surface area contributed by atoms with Crippen LogP contribution in [-0.4, -0.2) is 76.4 Å². The van der Waals surface area contributed by atoms with Crippen LogP contribution < -0.4 is 9.47 Å². The molecule has 0 bridgehead atoms. The van der Waals surface area contributed by atoms with Gasteiger partial charge >= 0.3 is 5.97 Å². The number of benzene rings is 3. The Balaban J connectivity index is 1.07. The predicted octanol–water partition coefficient (Wildman–Crippen LogP) is 5.88. The van der Waals surface area contributed by atoms with Crippen molar-refractivity contribution < 1.29 is 28.5 Å². The molecule has 0 radical (unpaired) electrons. The Morgan fingerprint density at radius 1 is 1.02 bits per heavy atom. The van der Waals surface area contributed by atoms with Gasteiger partial charge < -0.3 is 23.9 Å². The second-order valence-electron chi connectivity index (χ2n) is 12.1. The lowest BCUT2D eigenvalue weighted by Gasteiger charge is -2.32. The van der Waals surface area contributed by atoms with Gasteiger partial charge in [-0.1, -0.05) is 23.7 Å². The molecule has 4 heterocycles. The van der Waals surface area contributed by atoms with Gasteiger partial charge in [-0.3, -0.25) is 9.80 Å². The summed E-state index contributed by atoms with van der Waals surface area (Å²) in [6.45, 7) is 8.96. The summed E-state index contributed by atoms with van der Waals surface area (Å²) < 4.78 is 35.1. The summed E-state index contributed by atoms with van der Waals surface area (Å²) >= 11 is 5.98. The van der Waals surface area contributed by atoms with Gasteiger partial charge in [0.1, 0.15) is 11.6 Å². The number of para-hydroxylation sites is 1. The van der Waals surface area contributed by atoms with Gasteiger partial charge in [0, 0.05) is 43.7 Å². The maximum absolute atomic E-state index is 14.9. The van der Waals surface area contributed by atoms with Gasteiger partial charge in [-0.2, -0.15) is 0 Å². The molecule has 2 saturated heterocycles. The van der Waals surface area contributed by atoms with Crippen LogP contribution in [-0.2, 0) is 23.6 Å². The third-order valence-electron chi connectivity index (χ3n) is 9.24. The van der Waals surface area contributed by atoms with Crippen LogP contribution in [0.3, 0.4) is 0 Å². The number of likely N-dealkylation sites (tertiary alicyclic amines) is 1. The molecule has 0 spiro atoms. The zero-order valence-electron chi connectivity index (χ0n) is 25.2. The van der Waals surface area contributed by atoms with Crippen LogP contribution in [0.25, 0.3) is 11.0 Å². The van der Waals surface area contributed by atoms with E-state index < -0.39 is 17.6 Å². The summed E-state index contributed by atoms with van der Waals surface area (Å²) in [5.74, 6) is -0.208. The molecule has 4 aromatic rings. The number of carbonyl (C=O) groups is 1. The molecule has 7 rings (SSSR count). The van der Waals surface area contributed by atoms with Gasteiger partial charge in [-0.25, -0.2) is 14.2 Å². The average molecular weight is 635 g/mol. The Labute approximate surface area is 266 Å². The number of aromatic carboxylic acids is 1. The Hall–Kier alpha value is -3.70. The molecule has 1 aromatic heterocycles. The van der Waals surface area contributed by atoms with E-state index in [9.17, 15) is 14.3 Å². The molecule has 0 aliphatic carbocycles. The van der Waals surface area contributed by atoms with E-state index in [1.54, 1.807) is 31.2 Å². The van der Waals surface area contributed by atoms with E-state index in [4.69, 9.17) is 30.8 Å². The summed E-state index contributed by atoms with van der Waals surface area (Å²) in [5.41, 5.74) is 3.30. The van der Waals surface area contributed by atoms with Crippen LogP contribution in [0.4, 0.5) is 4.39 Å². The minimum absolute atomic E-state index is 0.260. The predicted molar refractivity (Wildman–Crippen MR) is 168 cm³/mol. The number of carboxylic acids is 1. The minimum atomic E-state index is -1.28. The molecule has 3 aliphatic rings. The van der Waals surface area contributed by atoms with Crippen LogP contribution >= 0.6 is 11.6 Å². The number of imidazole rings is 1. The van der Waals surface area contributed by atoms with Crippen molar-refractivity contribution >= 4 is 28.6 Å². The molecule has 236 valence electrons. The van der Waals surface area contributed by atoms with Crippen LogP contribution in [0.2, 0.25) is 5.02 Å². The molecule has 1 atom stereocenters. The second-order valence-corrected chi connectivity index (χ2v) is 12.6. The molecule has 0 amide bonds. The Bertz CT molecular complexity index is 1730. The number of ether oxygens (including phenoxy) is 3. The molecule has 3 aromatic carbocycles. The summed E-state index contributed by atoms with van der Waals surface area (Å²) in [7, 11) is 0. The maximum Gasteiger partial charge on any atom is 0.335 e. The molecule has 1 N–H and O–H groups in total. The van der Waals surface area contributed by atoms with Gasteiger partial charge in [0.05, 0.1) is 41.9 Å². The van der Waals surface area contributed by atoms with Crippen molar-refractivity contribution in [3.63, 3.8) is 0 Å². The Morgan fingerprint density at radius 2 is 1.82 bits per heavy atom. The highest BCUT2D eigenvalue weighted by Gasteiger charge is 2.43. The van der Waals surface area contributed by atoms with Crippen molar-refractivity contribution in [2.24, 2.45) is 0 Å². The van der Waals surface area contributed by atoms with Gasteiger partial charge in [-0.05, 0) is 74.3 Å². The van der Waals surface area contributed by atoms with Crippen molar-refractivity contribution in [3.8, 4) is 11.5 Å². The first-order chi connectivity index (χ1) is 21.8. The normalized spacial score (nSPS) is 21.0. The van der Waals surface area contributed by atoms with Gasteiger partial charge in [0.25, 0.3) is 5.79 Å². The zero-order chi connectivity index (χ0) is 31.1. The van der Waals surface area contributed by atoms with Gasteiger partial charge in [-0.15, -0.1) is 0 Å². The summed E-state index contributed by atoms with van der Waals surface area (Å²) in [4.78, 5) is 21.5. The van der Waals surface area contributed by atoms with E-state index in [2.05, 4.69) is 20.4 Å². The third kappa shape index (κ3) is 6.00. The SMILES string of the molecule is CC1(c2ccc(Cl)cc2F)Oc2cccc(C3CCN(Cc4nc5ccc(C(=O)O)cc5n4CCN4CCOCC4)CC3)c2O1. The lowest BCUT2D eigenvalue weighted by molar-refractivity contribution is -0.0712. The van der Waals surface area contributed by atoms with Crippen LogP contribution in [0.5, 0.6) is 11.5 Å². The monoisotopic (exact) mass is 634 g/mol. The molecular formula is C34H36ClFN4O5. The zero-order valence-corrected chi connectivity index (χ0v) is 25.9. The van der Waals surface area contributed by atoms with E-state index >= 15 is 0 Å². The summed E-state index contributed by atoms with van der Waals surface area (Å²) in [6, 6.07) is 15.6. The maximum atomic E-state index is 14.9. The summed E-state index contributed by atoms with van der Waals surface area (Å²) in [6.07, 6.45) is 1.84. The first kappa shape index (κ1) is 30.0. The van der Waals surface area contributed by atoms with Crippen molar-refractivity contribution in [2.75, 3.05) is 45.9 Å². The van der Waals surface area contributed by atoms with Crippen LogP contribution in [0, 0.1) is 5.82 Å². The van der Waals surface area contributed by atoms with Crippen molar-refractivity contribution in [1.82, 2.24) is 19.4 Å². The lowest BCUT2D eigenvalue weighted by atomic mass is 9.88. The van der Waals surface area contributed by atoms with E-state index in [0.29, 0.717) is 28.6 Å². The number of morpholine rings is 1. The van der Waals surface area contributed by atoms with E-state index in [0.717, 1.165) is 87.7 Å². The summed E-state index contributed by atoms with van der Waals surface area (Å²) in [5, 5.41) is 9.94. The number of hydrogen-bond donors (Lipinski definition) is 1. The number of fused-ring (bicyclic) bond motifs is 2. The average Bonchev–Trinajstić information content (AvgIpc) is 3.57. The second kappa shape index (κ2) is 12.2. The first-order valence-electron chi connectivity index (χ1n) is 15.5. The largest absolute Gasteiger partial charge is 0.478 e. The van der Waals surface area contributed by atoms with Gasteiger partial charge in [0.15, 0.2) is 11.5 Å². The lowest BCUT2D eigenvalue weighted by Crippen LogP contribution is -2.38. The Morgan fingerprint density at radius 3 is 2.58 bits per heavy atom. The van der Waals surface area contributed by atoms with Gasteiger partial charge in [0.2, 0.25) is 0 Å². The highest BCUT2D eigenvalue weighted by molar-refractivity contribution is 6.30. The van der Waals surface area contributed by atoms with Crippen molar-refractivity contribution in [3.05, 3.63) is 88.0 Å². The fourth-order valence-electron chi connectivity index (χ4n) is 6.78. The smallest absolute Gasteiger partial charge is 0.335 e. The highest BCUT2D eigenvalue weighted by atomic mass is 35.5. The third-order valence-corrected chi connectivity index (χ3v) is 9.48.